The van der Waals surface area contributed by atoms with Gasteiger partial charge in [-0.15, -0.1) is 10.2 Å². The highest BCUT2D eigenvalue weighted by atomic mass is 32.2. The van der Waals surface area contributed by atoms with Crippen molar-refractivity contribution >= 4 is 23.9 Å². The minimum Gasteiger partial charge on any atom is -0.508 e. The van der Waals surface area contributed by atoms with Crippen LogP contribution in [-0.2, 0) is 4.79 Å². The molecule has 0 atom stereocenters. The van der Waals surface area contributed by atoms with E-state index in [-0.39, 0.29) is 23.2 Å². The van der Waals surface area contributed by atoms with Crippen LogP contribution in [0.1, 0.15) is 5.56 Å². The van der Waals surface area contributed by atoms with Crippen LogP contribution in [0.5, 0.6) is 17.2 Å². The lowest BCUT2D eigenvalue weighted by Gasteiger charge is -2.10. The van der Waals surface area contributed by atoms with E-state index in [1.54, 1.807) is 7.11 Å². The Labute approximate surface area is 199 Å². The molecular weight excluding hydrogens is 454 g/mol. The van der Waals surface area contributed by atoms with E-state index in [2.05, 4.69) is 20.7 Å². The summed E-state index contributed by atoms with van der Waals surface area (Å²) in [7, 11) is 1.61. The number of hydrogen-bond acceptors (Lipinski definition) is 8. The lowest BCUT2D eigenvalue weighted by molar-refractivity contribution is -0.118. The molecule has 34 heavy (non-hydrogen) atoms. The summed E-state index contributed by atoms with van der Waals surface area (Å²) in [6, 6.07) is 21.2. The monoisotopic (exact) mass is 475 g/mol. The molecule has 0 bridgehead atoms. The second-order valence-electron chi connectivity index (χ2n) is 7.03. The molecule has 4 rings (SSSR count). The minimum atomic E-state index is -0.354. The number of amides is 1. The Balaban J connectivity index is 1.49. The highest BCUT2D eigenvalue weighted by Gasteiger charge is 2.17. The smallest absolute Gasteiger partial charge is 0.250 e. The zero-order valence-corrected chi connectivity index (χ0v) is 18.9. The maximum absolute atomic E-state index is 12.3. The van der Waals surface area contributed by atoms with Crippen molar-refractivity contribution in [2.45, 2.75) is 5.16 Å². The standard InChI is InChI=1S/C24H21N5O4S/c1-33-20-11-8-16(9-12-20)23-27-28-24(29(23)18-5-3-2-4-6-18)34-15-22(32)26-25-14-17-7-10-19(30)13-21(17)31/h2-14,30-31H,15H2,1H3,(H,26,32)/b25-14+. The van der Waals surface area contributed by atoms with Crippen LogP contribution in [0, 0.1) is 0 Å². The third-order valence-electron chi connectivity index (χ3n) is 4.74. The van der Waals surface area contributed by atoms with Gasteiger partial charge in [-0.05, 0) is 48.5 Å². The fourth-order valence-corrected chi connectivity index (χ4v) is 3.82. The molecule has 0 aliphatic carbocycles. The number of aromatic hydroxyl groups is 2. The molecule has 0 aliphatic rings. The third-order valence-corrected chi connectivity index (χ3v) is 5.66. The summed E-state index contributed by atoms with van der Waals surface area (Å²) in [5.41, 5.74) is 4.49. The van der Waals surface area contributed by atoms with E-state index in [4.69, 9.17) is 4.74 Å². The maximum atomic E-state index is 12.3. The van der Waals surface area contributed by atoms with Gasteiger partial charge in [-0.2, -0.15) is 5.10 Å². The topological polar surface area (TPSA) is 122 Å². The first-order valence-electron chi connectivity index (χ1n) is 10.2. The highest BCUT2D eigenvalue weighted by molar-refractivity contribution is 7.99. The summed E-state index contributed by atoms with van der Waals surface area (Å²) in [5.74, 6) is 0.862. The number of ether oxygens (including phenoxy) is 1. The Morgan fingerprint density at radius 3 is 2.56 bits per heavy atom. The Bertz CT molecular complexity index is 1310. The van der Waals surface area contributed by atoms with Gasteiger partial charge in [0.1, 0.15) is 17.2 Å². The number of thioether (sulfide) groups is 1. The van der Waals surface area contributed by atoms with Crippen LogP contribution < -0.4 is 10.2 Å². The van der Waals surface area contributed by atoms with Gasteiger partial charge < -0.3 is 14.9 Å². The molecule has 172 valence electrons. The number of aromatic nitrogens is 3. The van der Waals surface area contributed by atoms with Crippen LogP contribution in [0.25, 0.3) is 17.1 Å². The molecule has 1 aromatic heterocycles. The van der Waals surface area contributed by atoms with Crippen molar-refractivity contribution < 1.29 is 19.7 Å². The Morgan fingerprint density at radius 2 is 1.85 bits per heavy atom. The molecule has 0 unspecified atom stereocenters. The van der Waals surface area contributed by atoms with Crippen LogP contribution >= 0.6 is 11.8 Å². The average molecular weight is 476 g/mol. The molecule has 0 aliphatic heterocycles. The molecule has 0 fully saturated rings. The number of phenolic OH excluding ortho intramolecular Hbond substituents is 2. The quantitative estimate of drug-likeness (QED) is 0.202. The van der Waals surface area contributed by atoms with Crippen molar-refractivity contribution in [2.24, 2.45) is 5.10 Å². The largest absolute Gasteiger partial charge is 0.508 e. The molecule has 0 saturated heterocycles. The van der Waals surface area contributed by atoms with Gasteiger partial charge in [0.15, 0.2) is 11.0 Å². The van der Waals surface area contributed by atoms with Gasteiger partial charge >= 0.3 is 0 Å². The number of hydrogen-bond donors (Lipinski definition) is 3. The summed E-state index contributed by atoms with van der Waals surface area (Å²) < 4.78 is 7.12. The summed E-state index contributed by atoms with van der Waals surface area (Å²) >= 11 is 1.22. The molecule has 1 heterocycles. The first kappa shape index (κ1) is 22.9. The van der Waals surface area contributed by atoms with E-state index in [9.17, 15) is 15.0 Å². The van der Waals surface area contributed by atoms with Gasteiger partial charge in [0.25, 0.3) is 5.91 Å². The Hall–Kier alpha value is -4.31. The van der Waals surface area contributed by atoms with E-state index in [0.29, 0.717) is 16.5 Å². The third kappa shape index (κ3) is 5.36. The Kier molecular flexibility index (Phi) is 7.09. The van der Waals surface area contributed by atoms with Crippen LogP contribution in [0.15, 0.2) is 83.1 Å². The first-order valence-corrected chi connectivity index (χ1v) is 11.2. The summed E-state index contributed by atoms with van der Waals surface area (Å²) in [6.45, 7) is 0. The van der Waals surface area contributed by atoms with E-state index in [1.165, 1.54) is 36.2 Å². The fraction of sp³-hybridized carbons (Fsp3) is 0.0833. The number of carbonyl (C=O) groups is 1. The second-order valence-corrected chi connectivity index (χ2v) is 7.97. The maximum Gasteiger partial charge on any atom is 0.250 e. The van der Waals surface area contributed by atoms with E-state index in [0.717, 1.165) is 17.0 Å². The number of carbonyl (C=O) groups excluding carboxylic acids is 1. The van der Waals surface area contributed by atoms with Crippen LogP contribution in [0.2, 0.25) is 0 Å². The van der Waals surface area contributed by atoms with E-state index >= 15 is 0 Å². The number of methoxy groups -OCH3 is 1. The number of hydrazone groups is 1. The minimum absolute atomic E-state index is 0.0481. The summed E-state index contributed by atoms with van der Waals surface area (Å²) in [6.07, 6.45) is 1.30. The van der Waals surface area contributed by atoms with E-state index < -0.39 is 0 Å². The van der Waals surface area contributed by atoms with Gasteiger partial charge in [0.2, 0.25) is 0 Å². The van der Waals surface area contributed by atoms with Gasteiger partial charge in [-0.3, -0.25) is 9.36 Å². The lowest BCUT2D eigenvalue weighted by atomic mass is 10.2. The predicted molar refractivity (Wildman–Crippen MR) is 130 cm³/mol. The van der Waals surface area contributed by atoms with Crippen LogP contribution in [-0.4, -0.2) is 50.0 Å². The number of phenols is 2. The first-order chi connectivity index (χ1) is 16.5. The van der Waals surface area contributed by atoms with E-state index in [1.807, 2.05) is 59.2 Å². The molecule has 1 amide bonds. The van der Waals surface area contributed by atoms with Gasteiger partial charge in [0.05, 0.1) is 19.1 Å². The summed E-state index contributed by atoms with van der Waals surface area (Å²) in [4.78, 5) is 12.3. The van der Waals surface area contributed by atoms with Gasteiger partial charge in [0, 0.05) is 22.9 Å². The predicted octanol–water partition coefficient (Wildman–Crippen LogP) is 3.60. The second kappa shape index (κ2) is 10.5. The van der Waals surface area contributed by atoms with Crippen molar-refractivity contribution in [1.82, 2.24) is 20.2 Å². The number of benzene rings is 3. The van der Waals surface area contributed by atoms with Crippen molar-refractivity contribution in [3.05, 3.63) is 78.4 Å². The molecule has 4 aromatic rings. The molecular formula is C24H21N5O4S. The van der Waals surface area contributed by atoms with Crippen molar-refractivity contribution in [3.63, 3.8) is 0 Å². The Morgan fingerprint density at radius 1 is 1.09 bits per heavy atom. The zero-order chi connectivity index (χ0) is 23.9. The van der Waals surface area contributed by atoms with Gasteiger partial charge in [-0.25, -0.2) is 5.43 Å². The molecule has 3 aromatic carbocycles. The summed E-state index contributed by atoms with van der Waals surface area (Å²) in [5, 5.41) is 32.2. The molecule has 10 heteroatoms. The molecule has 0 saturated carbocycles. The van der Waals surface area contributed by atoms with Crippen LogP contribution in [0.3, 0.4) is 0 Å². The van der Waals surface area contributed by atoms with Crippen molar-refractivity contribution in [1.29, 1.82) is 0 Å². The lowest BCUT2D eigenvalue weighted by Crippen LogP contribution is -2.20. The van der Waals surface area contributed by atoms with Crippen LogP contribution in [0.4, 0.5) is 0 Å². The van der Waals surface area contributed by atoms with Crippen molar-refractivity contribution in [3.8, 4) is 34.3 Å². The normalized spacial score (nSPS) is 11.0. The zero-order valence-electron chi connectivity index (χ0n) is 18.1. The van der Waals surface area contributed by atoms with Gasteiger partial charge in [-0.1, -0.05) is 30.0 Å². The van der Waals surface area contributed by atoms with Crippen molar-refractivity contribution in [2.75, 3.05) is 12.9 Å². The molecule has 0 radical (unpaired) electrons. The molecule has 9 nitrogen and oxygen atoms in total. The molecule has 0 spiro atoms. The highest BCUT2D eigenvalue weighted by Crippen LogP contribution is 2.29. The number of rotatable bonds is 8. The number of para-hydroxylation sites is 1. The SMILES string of the molecule is COc1ccc(-c2nnc(SCC(=O)N/N=C/c3ccc(O)cc3O)n2-c2ccccc2)cc1. The average Bonchev–Trinajstić information content (AvgIpc) is 3.28. The fourth-order valence-electron chi connectivity index (χ4n) is 3.08. The number of nitrogens with one attached hydrogen (secondary N) is 1. The molecule has 3 N–H and O–H groups in total. The number of nitrogens with zero attached hydrogens (tertiary/aromatic N) is 4.